The molecule has 0 saturated heterocycles. The number of hydrogen-bond acceptors (Lipinski definition) is 2. The van der Waals surface area contributed by atoms with Crippen molar-refractivity contribution in [3.05, 3.63) is 0 Å². The molecule has 0 radical (unpaired) electrons. The lowest BCUT2D eigenvalue weighted by molar-refractivity contribution is 0.274. The Bertz CT molecular complexity index is 110. The molecule has 0 rings (SSSR count). The van der Waals surface area contributed by atoms with E-state index in [-0.39, 0.29) is 0 Å². The summed E-state index contributed by atoms with van der Waals surface area (Å²) in [6.45, 7) is 0.413. The first-order valence-corrected chi connectivity index (χ1v) is 6.07. The summed E-state index contributed by atoms with van der Waals surface area (Å²) >= 11 is 3.33. The van der Waals surface area contributed by atoms with Crippen LogP contribution < -0.4 is 0 Å². The van der Waals surface area contributed by atoms with Crippen LogP contribution in [0.1, 0.15) is 25.7 Å². The molecule has 0 amide bonds. The van der Waals surface area contributed by atoms with Gasteiger partial charge in [0.1, 0.15) is 0 Å². The molecule has 68 valence electrons. The summed E-state index contributed by atoms with van der Waals surface area (Å²) in [5.74, 6) is 0. The average molecular weight is 245 g/mol. The number of halogens is 1. The van der Waals surface area contributed by atoms with E-state index >= 15 is 0 Å². The number of alkyl halides is 1. The molecule has 11 heavy (non-hydrogen) atoms. The molecule has 0 aromatic rings. The lowest BCUT2D eigenvalue weighted by Gasteiger charge is -1.98. The highest BCUT2D eigenvalue weighted by Gasteiger charge is 1.92. The molecular formula is C6H14BrO3P. The minimum absolute atomic E-state index is 0.413. The van der Waals surface area contributed by atoms with Crippen LogP contribution in [0, 0.1) is 0 Å². The van der Waals surface area contributed by atoms with Crippen LogP contribution >= 0.6 is 24.2 Å². The van der Waals surface area contributed by atoms with Gasteiger partial charge in [0.25, 0.3) is 0 Å². The van der Waals surface area contributed by atoms with E-state index in [9.17, 15) is 4.57 Å². The Morgan fingerprint density at radius 1 is 1.27 bits per heavy atom. The second-order valence-corrected chi connectivity index (χ2v) is 3.83. The largest absolute Gasteiger partial charge is 0.326 e. The molecule has 0 aliphatic rings. The van der Waals surface area contributed by atoms with Gasteiger partial charge in [-0.1, -0.05) is 28.8 Å². The molecule has 0 aliphatic heterocycles. The maximum atomic E-state index is 10.0. The van der Waals surface area contributed by atoms with Crippen molar-refractivity contribution in [2.24, 2.45) is 0 Å². The summed E-state index contributed by atoms with van der Waals surface area (Å²) in [4.78, 5) is 8.27. The van der Waals surface area contributed by atoms with Crippen molar-refractivity contribution in [3.63, 3.8) is 0 Å². The van der Waals surface area contributed by atoms with Crippen LogP contribution in [-0.2, 0) is 9.09 Å². The van der Waals surface area contributed by atoms with E-state index in [4.69, 9.17) is 4.89 Å². The fourth-order valence-electron chi connectivity index (χ4n) is 0.710. The minimum Gasteiger partial charge on any atom is -0.326 e. The van der Waals surface area contributed by atoms with Gasteiger partial charge in [0.05, 0.1) is 6.61 Å². The van der Waals surface area contributed by atoms with Crippen LogP contribution in [0.25, 0.3) is 0 Å². The summed E-state index contributed by atoms with van der Waals surface area (Å²) in [7, 11) is -2.69. The quantitative estimate of drug-likeness (QED) is 0.425. The fraction of sp³-hybridized carbons (Fsp3) is 1.00. The summed E-state index contributed by atoms with van der Waals surface area (Å²) in [6, 6.07) is 0. The highest BCUT2D eigenvalue weighted by Crippen LogP contribution is 2.15. The van der Waals surface area contributed by atoms with Gasteiger partial charge in [0.15, 0.2) is 0 Å². The molecule has 0 bridgehead atoms. The summed E-state index contributed by atoms with van der Waals surface area (Å²) in [6.07, 6.45) is 4.26. The van der Waals surface area contributed by atoms with Crippen molar-refractivity contribution in [2.75, 3.05) is 11.9 Å². The highest BCUT2D eigenvalue weighted by atomic mass is 79.9. The maximum absolute atomic E-state index is 10.0. The summed E-state index contributed by atoms with van der Waals surface area (Å²) < 4.78 is 14.6. The van der Waals surface area contributed by atoms with Gasteiger partial charge in [-0.15, -0.1) is 0 Å². The molecule has 1 atom stereocenters. The monoisotopic (exact) mass is 244 g/mol. The molecular weight excluding hydrogens is 231 g/mol. The van der Waals surface area contributed by atoms with Crippen molar-refractivity contribution in [3.8, 4) is 0 Å². The van der Waals surface area contributed by atoms with Crippen molar-refractivity contribution >= 4 is 24.2 Å². The van der Waals surface area contributed by atoms with Gasteiger partial charge >= 0.3 is 8.25 Å². The Kier molecular flexibility index (Phi) is 9.22. The maximum Gasteiger partial charge on any atom is 0.316 e. The number of unbranched alkanes of at least 4 members (excludes halogenated alkanes) is 3. The molecule has 0 aromatic carbocycles. The second-order valence-electron chi connectivity index (χ2n) is 2.22. The van der Waals surface area contributed by atoms with Gasteiger partial charge in [-0.25, -0.2) is 0 Å². The Labute approximate surface area is 76.2 Å². The SMILES string of the molecule is O=[PH](O)OCCCCCCBr. The van der Waals surface area contributed by atoms with Gasteiger partial charge in [-0.2, -0.15) is 0 Å². The number of rotatable bonds is 7. The normalized spacial score (nSPS) is 13.3. The molecule has 0 aromatic heterocycles. The van der Waals surface area contributed by atoms with Crippen molar-refractivity contribution < 1.29 is 14.0 Å². The summed E-state index contributed by atoms with van der Waals surface area (Å²) in [5, 5.41) is 1.03. The third-order valence-corrected chi connectivity index (χ3v) is 2.27. The van der Waals surface area contributed by atoms with Crippen molar-refractivity contribution in [1.29, 1.82) is 0 Å². The predicted molar refractivity (Wildman–Crippen MR) is 49.4 cm³/mol. The van der Waals surface area contributed by atoms with Gasteiger partial charge < -0.3 is 9.42 Å². The van der Waals surface area contributed by atoms with Crippen LogP contribution in [0.3, 0.4) is 0 Å². The first-order valence-electron chi connectivity index (χ1n) is 3.69. The van der Waals surface area contributed by atoms with Gasteiger partial charge in [0, 0.05) is 5.33 Å². The Hall–Kier alpha value is 0.630. The number of hydrogen-bond donors (Lipinski definition) is 1. The molecule has 1 N–H and O–H groups in total. The minimum atomic E-state index is -2.69. The zero-order valence-electron chi connectivity index (χ0n) is 6.38. The Balaban J connectivity index is 2.85. The third-order valence-electron chi connectivity index (χ3n) is 1.25. The first-order chi connectivity index (χ1) is 5.27. The second kappa shape index (κ2) is 8.72. The predicted octanol–water partition coefficient (Wildman–Crippen LogP) is 2.34. The first kappa shape index (κ1) is 11.6. The molecule has 0 aliphatic carbocycles. The van der Waals surface area contributed by atoms with Gasteiger partial charge in [-0.3, -0.25) is 4.57 Å². The lowest BCUT2D eigenvalue weighted by Crippen LogP contribution is -1.87. The van der Waals surface area contributed by atoms with E-state index < -0.39 is 8.25 Å². The van der Waals surface area contributed by atoms with E-state index in [1.165, 1.54) is 0 Å². The molecule has 0 spiro atoms. The third kappa shape index (κ3) is 10.6. The topological polar surface area (TPSA) is 46.5 Å². The Morgan fingerprint density at radius 2 is 1.91 bits per heavy atom. The van der Waals surface area contributed by atoms with Crippen LogP contribution in [0.2, 0.25) is 0 Å². The van der Waals surface area contributed by atoms with Gasteiger partial charge in [-0.05, 0) is 12.8 Å². The molecule has 0 fully saturated rings. The van der Waals surface area contributed by atoms with Crippen LogP contribution in [0.5, 0.6) is 0 Å². The van der Waals surface area contributed by atoms with E-state index in [0.717, 1.165) is 31.0 Å². The zero-order valence-corrected chi connectivity index (χ0v) is 8.97. The average Bonchev–Trinajstić information content (AvgIpc) is 1.96. The highest BCUT2D eigenvalue weighted by molar-refractivity contribution is 9.09. The smallest absolute Gasteiger partial charge is 0.316 e. The Morgan fingerprint density at radius 3 is 2.45 bits per heavy atom. The van der Waals surface area contributed by atoms with Crippen LogP contribution in [0.15, 0.2) is 0 Å². The van der Waals surface area contributed by atoms with Crippen LogP contribution in [-0.4, -0.2) is 16.8 Å². The van der Waals surface area contributed by atoms with E-state index in [1.807, 2.05) is 0 Å². The van der Waals surface area contributed by atoms with Crippen molar-refractivity contribution in [2.45, 2.75) is 25.7 Å². The molecule has 0 heterocycles. The van der Waals surface area contributed by atoms with Crippen LogP contribution in [0.4, 0.5) is 0 Å². The fourth-order valence-corrected chi connectivity index (χ4v) is 1.43. The zero-order chi connectivity index (χ0) is 8.53. The molecule has 1 unspecified atom stereocenters. The summed E-state index contributed by atoms with van der Waals surface area (Å²) in [5.41, 5.74) is 0. The van der Waals surface area contributed by atoms with E-state index in [2.05, 4.69) is 20.5 Å². The van der Waals surface area contributed by atoms with Gasteiger partial charge in [0.2, 0.25) is 0 Å². The lowest BCUT2D eigenvalue weighted by atomic mass is 10.2. The standard InChI is InChI=1S/C6H14BrO3P/c7-5-3-1-2-4-6-10-11(8)9/h11H,1-6H2,(H,8,9). The molecule has 0 saturated carbocycles. The van der Waals surface area contributed by atoms with E-state index in [1.54, 1.807) is 0 Å². The molecule has 3 nitrogen and oxygen atoms in total. The van der Waals surface area contributed by atoms with Crippen molar-refractivity contribution in [1.82, 2.24) is 0 Å². The van der Waals surface area contributed by atoms with E-state index in [0.29, 0.717) is 6.61 Å². The molecule has 5 heteroatoms.